The third-order valence-corrected chi connectivity index (χ3v) is 7.05. The number of nitrogens with zero attached hydrogens (tertiary/aromatic N) is 2. The van der Waals surface area contributed by atoms with Gasteiger partial charge in [-0.3, -0.25) is 14.5 Å². The summed E-state index contributed by atoms with van der Waals surface area (Å²) >= 11 is 1.56. The highest BCUT2D eigenvalue weighted by atomic mass is 32.2. The lowest BCUT2D eigenvalue weighted by Gasteiger charge is -2.34. The predicted molar refractivity (Wildman–Crippen MR) is 141 cm³/mol. The van der Waals surface area contributed by atoms with Crippen molar-refractivity contribution >= 4 is 29.3 Å². The van der Waals surface area contributed by atoms with E-state index >= 15 is 0 Å². The topological polar surface area (TPSA) is 73.9 Å². The van der Waals surface area contributed by atoms with Crippen LogP contribution in [0.2, 0.25) is 0 Å². The molecule has 186 valence electrons. The largest absolute Gasteiger partial charge is 0.487 e. The first-order valence-electron chi connectivity index (χ1n) is 12.2. The maximum absolute atomic E-state index is 12.7. The third kappa shape index (κ3) is 7.59. The molecule has 0 radical (unpaired) electrons. The summed E-state index contributed by atoms with van der Waals surface area (Å²) in [5.74, 6) is 0.741. The average molecular weight is 495 g/mol. The lowest BCUT2D eigenvalue weighted by atomic mass is 10.1. The van der Waals surface area contributed by atoms with Crippen molar-refractivity contribution in [1.29, 1.82) is 0 Å². The minimum Gasteiger partial charge on any atom is -0.487 e. The number of amides is 2. The van der Waals surface area contributed by atoms with E-state index in [1.807, 2.05) is 13.0 Å². The van der Waals surface area contributed by atoms with Crippen LogP contribution in [0, 0.1) is 6.92 Å². The molecule has 0 saturated carbocycles. The maximum Gasteiger partial charge on any atom is 0.291 e. The summed E-state index contributed by atoms with van der Waals surface area (Å²) in [6.07, 6.45) is 0.906. The highest BCUT2D eigenvalue weighted by molar-refractivity contribution is 8.02. The van der Waals surface area contributed by atoms with Crippen LogP contribution < -0.4 is 10.6 Å². The summed E-state index contributed by atoms with van der Waals surface area (Å²) in [5.41, 5.74) is 3.41. The van der Waals surface area contributed by atoms with Gasteiger partial charge in [-0.15, -0.1) is 11.8 Å². The van der Waals surface area contributed by atoms with Gasteiger partial charge >= 0.3 is 0 Å². The van der Waals surface area contributed by atoms with Crippen LogP contribution >= 0.6 is 11.8 Å². The molecule has 2 N–H and O–H groups in total. The summed E-state index contributed by atoms with van der Waals surface area (Å²) in [5, 5.41) is 7.61. The number of hydrogen-bond donors (Lipinski definition) is 2. The summed E-state index contributed by atoms with van der Waals surface area (Å²) in [6, 6.07) is 16.0. The number of carbonyl (C=O) groups excluding carboxylic acids is 2. The van der Waals surface area contributed by atoms with Gasteiger partial charge < -0.3 is 20.3 Å². The van der Waals surface area contributed by atoms with E-state index in [1.54, 1.807) is 29.3 Å². The van der Waals surface area contributed by atoms with Crippen LogP contribution in [-0.4, -0.2) is 73.2 Å². The minimum atomic E-state index is -0.290. The fraction of sp³-hybridized carbons (Fsp3) is 0.407. The number of ether oxygens (including phenoxy) is 1. The van der Waals surface area contributed by atoms with Crippen molar-refractivity contribution in [3.05, 3.63) is 76.4 Å². The van der Waals surface area contributed by atoms with Crippen LogP contribution in [0.15, 0.2) is 59.7 Å². The molecule has 7 nitrogen and oxygen atoms in total. The van der Waals surface area contributed by atoms with Gasteiger partial charge in [-0.1, -0.05) is 36.4 Å². The first-order chi connectivity index (χ1) is 17.1. The average Bonchev–Trinajstić information content (AvgIpc) is 2.90. The second-order valence-electron chi connectivity index (χ2n) is 8.90. The Labute approximate surface area is 211 Å². The second kappa shape index (κ2) is 12.8. The lowest BCUT2D eigenvalue weighted by Crippen LogP contribution is -2.46. The maximum atomic E-state index is 12.7. The Bertz CT molecular complexity index is 1040. The summed E-state index contributed by atoms with van der Waals surface area (Å²) in [4.78, 5) is 30.1. The van der Waals surface area contributed by atoms with Gasteiger partial charge in [0.1, 0.15) is 0 Å². The second-order valence-corrected chi connectivity index (χ2v) is 9.88. The molecular weight excluding hydrogens is 460 g/mol. The van der Waals surface area contributed by atoms with Gasteiger partial charge in [-0.2, -0.15) is 0 Å². The summed E-state index contributed by atoms with van der Waals surface area (Å²) in [7, 11) is 0. The molecule has 2 amide bonds. The van der Waals surface area contributed by atoms with E-state index in [9.17, 15) is 9.59 Å². The molecule has 2 aromatic carbocycles. The van der Waals surface area contributed by atoms with Gasteiger partial charge in [0.05, 0.1) is 6.61 Å². The summed E-state index contributed by atoms with van der Waals surface area (Å²) in [6.45, 7) is 9.28. The molecule has 2 aliphatic rings. The minimum absolute atomic E-state index is 0.128. The smallest absolute Gasteiger partial charge is 0.291 e. The molecule has 0 bridgehead atoms. The quantitative estimate of drug-likeness (QED) is 0.520. The van der Waals surface area contributed by atoms with Gasteiger partial charge in [0.15, 0.2) is 5.76 Å². The molecule has 1 fully saturated rings. The third-order valence-electron chi connectivity index (χ3n) is 6.27. The number of aryl methyl sites for hydroxylation is 1. The van der Waals surface area contributed by atoms with E-state index in [1.165, 1.54) is 5.56 Å². The van der Waals surface area contributed by atoms with E-state index in [2.05, 4.69) is 50.8 Å². The fourth-order valence-electron chi connectivity index (χ4n) is 4.19. The van der Waals surface area contributed by atoms with Crippen LogP contribution in [0.1, 0.15) is 27.9 Å². The van der Waals surface area contributed by atoms with Crippen molar-refractivity contribution in [3.8, 4) is 0 Å². The number of benzene rings is 2. The Balaban J connectivity index is 1.17. The van der Waals surface area contributed by atoms with E-state index in [-0.39, 0.29) is 11.8 Å². The highest BCUT2D eigenvalue weighted by Gasteiger charge is 2.18. The van der Waals surface area contributed by atoms with Gasteiger partial charge in [-0.25, -0.2) is 0 Å². The Morgan fingerprint density at radius 3 is 2.51 bits per heavy atom. The zero-order valence-electron chi connectivity index (χ0n) is 20.3. The first-order valence-corrected chi connectivity index (χ1v) is 13.3. The highest BCUT2D eigenvalue weighted by Crippen LogP contribution is 2.21. The molecule has 0 aromatic heterocycles. The number of thioether (sulfide) groups is 1. The SMILES string of the molecule is Cc1ccc(C(=O)NCCCN2CCN(Cc3ccccc3)CC2)cc1NC(=O)C1=CSCCO1. The fourth-order valence-corrected chi connectivity index (χ4v) is 4.81. The molecule has 2 aromatic rings. The number of hydrogen-bond acceptors (Lipinski definition) is 6. The van der Waals surface area contributed by atoms with Crippen LogP contribution in [0.4, 0.5) is 5.69 Å². The van der Waals surface area contributed by atoms with Crippen LogP contribution in [0.3, 0.4) is 0 Å². The number of piperazine rings is 1. The zero-order chi connectivity index (χ0) is 24.5. The number of carbonyl (C=O) groups is 2. The van der Waals surface area contributed by atoms with Crippen LogP contribution in [-0.2, 0) is 16.1 Å². The summed E-state index contributed by atoms with van der Waals surface area (Å²) < 4.78 is 5.42. The molecule has 0 unspecified atom stereocenters. The lowest BCUT2D eigenvalue weighted by molar-refractivity contribution is -0.116. The molecule has 0 spiro atoms. The van der Waals surface area contributed by atoms with E-state index in [0.29, 0.717) is 30.2 Å². The molecule has 4 rings (SSSR count). The van der Waals surface area contributed by atoms with Crippen molar-refractivity contribution < 1.29 is 14.3 Å². The predicted octanol–water partition coefficient (Wildman–Crippen LogP) is 3.48. The van der Waals surface area contributed by atoms with Crippen LogP contribution in [0.25, 0.3) is 0 Å². The molecule has 0 atom stereocenters. The number of rotatable bonds is 9. The zero-order valence-corrected chi connectivity index (χ0v) is 21.1. The van der Waals surface area contributed by atoms with E-state index < -0.39 is 0 Å². The monoisotopic (exact) mass is 494 g/mol. The van der Waals surface area contributed by atoms with Crippen molar-refractivity contribution in [2.75, 3.05) is 56.9 Å². The van der Waals surface area contributed by atoms with E-state index in [4.69, 9.17) is 4.74 Å². The Morgan fingerprint density at radius 2 is 1.77 bits per heavy atom. The van der Waals surface area contributed by atoms with Crippen molar-refractivity contribution in [2.45, 2.75) is 19.9 Å². The Hall–Kier alpha value is -2.81. The van der Waals surface area contributed by atoms with Gasteiger partial charge in [0.2, 0.25) is 0 Å². The molecular formula is C27H34N4O3S. The first kappa shape index (κ1) is 25.3. The Morgan fingerprint density at radius 1 is 1.00 bits per heavy atom. The van der Waals surface area contributed by atoms with Gasteiger partial charge in [0.25, 0.3) is 11.8 Å². The van der Waals surface area contributed by atoms with Crippen molar-refractivity contribution in [2.24, 2.45) is 0 Å². The molecule has 1 saturated heterocycles. The molecule has 35 heavy (non-hydrogen) atoms. The van der Waals surface area contributed by atoms with Crippen molar-refractivity contribution in [3.63, 3.8) is 0 Å². The molecule has 2 aliphatic heterocycles. The van der Waals surface area contributed by atoms with E-state index in [0.717, 1.165) is 57.0 Å². The number of nitrogens with one attached hydrogen (secondary N) is 2. The molecule has 8 heteroatoms. The normalized spacial score (nSPS) is 16.8. The Kier molecular flexibility index (Phi) is 9.22. The molecule has 0 aliphatic carbocycles. The van der Waals surface area contributed by atoms with Gasteiger partial charge in [-0.05, 0) is 43.1 Å². The van der Waals surface area contributed by atoms with Crippen molar-refractivity contribution in [1.82, 2.24) is 15.1 Å². The molecule has 2 heterocycles. The van der Waals surface area contributed by atoms with Gasteiger partial charge in [0, 0.05) is 61.7 Å². The van der Waals surface area contributed by atoms with Crippen LogP contribution in [0.5, 0.6) is 0 Å². The standard InChI is InChI=1S/C27H34N4O3S/c1-21-8-9-23(18-24(21)29-27(33)25-20-35-17-16-34-25)26(32)28-10-5-11-30-12-14-31(15-13-30)19-22-6-3-2-4-7-22/h2-4,6-9,18,20H,5,10-17,19H2,1H3,(H,28,32)(H,29,33). The number of anilines is 1.